The van der Waals surface area contributed by atoms with Crippen LogP contribution in [0.3, 0.4) is 0 Å². The molecule has 1 amide bonds. The molecule has 3 N–H and O–H groups in total. The van der Waals surface area contributed by atoms with Gasteiger partial charge in [-0.15, -0.1) is 0 Å². The van der Waals surface area contributed by atoms with E-state index < -0.39 is 5.91 Å². The summed E-state index contributed by atoms with van der Waals surface area (Å²) in [4.78, 5) is 22.0. The number of benzene rings is 2. The van der Waals surface area contributed by atoms with E-state index in [9.17, 15) is 4.79 Å². The molecule has 1 aliphatic carbocycles. The molecule has 0 radical (unpaired) electrons. The summed E-state index contributed by atoms with van der Waals surface area (Å²) in [5, 5.41) is 0. The Balaban J connectivity index is 1.53. The predicted molar refractivity (Wildman–Crippen MR) is 108 cm³/mol. The molecule has 0 atom stereocenters. The molecule has 1 aliphatic rings. The largest absolute Gasteiger partial charge is 0.366 e. The van der Waals surface area contributed by atoms with Gasteiger partial charge in [0.2, 0.25) is 0 Å². The molecular formula is C22H26N4O. The minimum atomic E-state index is -0.459. The van der Waals surface area contributed by atoms with E-state index in [1.807, 2.05) is 12.1 Å². The van der Waals surface area contributed by atoms with E-state index in [-0.39, 0.29) is 0 Å². The summed E-state index contributed by atoms with van der Waals surface area (Å²) in [6.45, 7) is 0.969. The zero-order valence-corrected chi connectivity index (χ0v) is 15.7. The maximum Gasteiger partial charge on any atom is 0.250 e. The Morgan fingerprint density at radius 3 is 2.59 bits per heavy atom. The summed E-state index contributed by atoms with van der Waals surface area (Å²) in [6, 6.07) is 14.6. The molecular weight excluding hydrogens is 336 g/mol. The molecule has 27 heavy (non-hydrogen) atoms. The summed E-state index contributed by atoms with van der Waals surface area (Å²) < 4.78 is 0. The number of imidazole rings is 1. The van der Waals surface area contributed by atoms with Gasteiger partial charge in [0.25, 0.3) is 5.91 Å². The van der Waals surface area contributed by atoms with Crippen LogP contribution in [0.15, 0.2) is 42.5 Å². The van der Waals surface area contributed by atoms with Gasteiger partial charge in [0.05, 0.1) is 11.1 Å². The smallest absolute Gasteiger partial charge is 0.250 e. The van der Waals surface area contributed by atoms with Crippen molar-refractivity contribution < 1.29 is 4.79 Å². The average Bonchev–Trinajstić information content (AvgIpc) is 3.13. The Kier molecular flexibility index (Phi) is 4.94. The zero-order valence-electron chi connectivity index (χ0n) is 15.7. The van der Waals surface area contributed by atoms with Gasteiger partial charge in [0.15, 0.2) is 0 Å². The number of carbonyl (C=O) groups is 1. The quantitative estimate of drug-likeness (QED) is 0.718. The molecule has 5 heteroatoms. The number of hydrogen-bond donors (Lipinski definition) is 2. The summed E-state index contributed by atoms with van der Waals surface area (Å²) in [5.41, 5.74) is 9.66. The zero-order chi connectivity index (χ0) is 18.8. The Labute approximate surface area is 159 Å². The van der Waals surface area contributed by atoms with Crippen molar-refractivity contribution in [3.63, 3.8) is 0 Å². The highest BCUT2D eigenvalue weighted by Gasteiger charge is 2.18. The van der Waals surface area contributed by atoms with Crippen molar-refractivity contribution in [2.24, 2.45) is 5.73 Å². The van der Waals surface area contributed by atoms with Crippen molar-refractivity contribution in [1.29, 1.82) is 0 Å². The third-order valence-electron chi connectivity index (χ3n) is 5.64. The van der Waals surface area contributed by atoms with Crippen LogP contribution in [0.1, 0.15) is 48.0 Å². The van der Waals surface area contributed by atoms with Gasteiger partial charge < -0.3 is 10.7 Å². The van der Waals surface area contributed by atoms with Gasteiger partial charge in [-0.3, -0.25) is 9.69 Å². The van der Waals surface area contributed by atoms with E-state index >= 15 is 0 Å². The first kappa shape index (κ1) is 17.7. The normalized spacial score (nSPS) is 15.5. The number of nitrogens with zero attached hydrogens (tertiary/aromatic N) is 2. The molecule has 1 fully saturated rings. The van der Waals surface area contributed by atoms with Crippen LogP contribution in [0, 0.1) is 0 Å². The predicted octanol–water partition coefficient (Wildman–Crippen LogP) is 4.09. The van der Waals surface area contributed by atoms with Gasteiger partial charge in [0.1, 0.15) is 11.3 Å². The minimum Gasteiger partial charge on any atom is -0.366 e. The summed E-state index contributed by atoms with van der Waals surface area (Å²) in [6.07, 6.45) is 6.72. The molecule has 4 rings (SSSR count). The number of primary amides is 1. The molecule has 3 aromatic rings. The molecule has 5 nitrogen and oxygen atoms in total. The number of aromatic amines is 1. The lowest BCUT2D eigenvalue weighted by atomic mass is 9.94. The van der Waals surface area contributed by atoms with Crippen molar-refractivity contribution in [3.05, 3.63) is 53.6 Å². The average molecular weight is 362 g/mol. The second-order valence-corrected chi connectivity index (χ2v) is 7.56. The van der Waals surface area contributed by atoms with Crippen LogP contribution in [-0.4, -0.2) is 33.9 Å². The fourth-order valence-corrected chi connectivity index (χ4v) is 4.07. The third-order valence-corrected chi connectivity index (χ3v) is 5.64. The standard InChI is InChI=1S/C22H26N4O/c1-26(17-6-3-2-4-7-17)14-15-10-12-16(13-11-15)22-24-19-9-5-8-18(21(23)27)20(19)25-22/h5,8-13,17H,2-4,6-7,14H2,1H3,(H2,23,27)(H,24,25). The fraction of sp³-hybridized carbons (Fsp3) is 0.364. The fourth-order valence-electron chi connectivity index (χ4n) is 4.07. The molecule has 140 valence electrons. The number of aromatic nitrogens is 2. The first-order chi connectivity index (χ1) is 13.1. The van der Waals surface area contributed by atoms with Crippen molar-refractivity contribution in [2.45, 2.75) is 44.7 Å². The molecule has 0 unspecified atom stereocenters. The summed E-state index contributed by atoms with van der Waals surface area (Å²) in [5.74, 6) is 0.297. The molecule has 0 spiro atoms. The lowest BCUT2D eigenvalue weighted by molar-refractivity contribution is 0.100. The van der Waals surface area contributed by atoms with Crippen LogP contribution in [0.25, 0.3) is 22.4 Å². The summed E-state index contributed by atoms with van der Waals surface area (Å²) in [7, 11) is 2.23. The first-order valence-corrected chi connectivity index (χ1v) is 9.70. The number of nitrogens with one attached hydrogen (secondary N) is 1. The Morgan fingerprint density at radius 2 is 1.89 bits per heavy atom. The number of fused-ring (bicyclic) bond motifs is 1. The Morgan fingerprint density at radius 1 is 1.15 bits per heavy atom. The lowest BCUT2D eigenvalue weighted by Crippen LogP contribution is -2.32. The van der Waals surface area contributed by atoms with Gasteiger partial charge >= 0.3 is 0 Å². The SMILES string of the molecule is CN(Cc1ccc(-c2nc3c(C(N)=O)cccc3[nH]2)cc1)C1CCCCC1. The highest BCUT2D eigenvalue weighted by Crippen LogP contribution is 2.25. The van der Waals surface area contributed by atoms with E-state index in [1.165, 1.54) is 37.7 Å². The monoisotopic (exact) mass is 362 g/mol. The summed E-state index contributed by atoms with van der Waals surface area (Å²) >= 11 is 0. The van der Waals surface area contributed by atoms with E-state index in [2.05, 4.69) is 46.2 Å². The maximum absolute atomic E-state index is 11.6. The Hall–Kier alpha value is -2.66. The van der Waals surface area contributed by atoms with E-state index in [0.29, 0.717) is 17.1 Å². The van der Waals surface area contributed by atoms with Crippen LogP contribution in [0.5, 0.6) is 0 Å². The molecule has 0 saturated heterocycles. The third kappa shape index (κ3) is 3.74. The van der Waals surface area contributed by atoms with Crippen LogP contribution in [0.2, 0.25) is 0 Å². The van der Waals surface area contributed by atoms with Gasteiger partial charge in [0, 0.05) is 18.2 Å². The molecule has 0 bridgehead atoms. The van der Waals surface area contributed by atoms with Crippen LogP contribution >= 0.6 is 0 Å². The van der Waals surface area contributed by atoms with Crippen molar-refractivity contribution in [2.75, 3.05) is 7.05 Å². The maximum atomic E-state index is 11.6. The second kappa shape index (κ2) is 7.53. The van der Waals surface area contributed by atoms with E-state index in [0.717, 1.165) is 23.4 Å². The molecule has 0 aliphatic heterocycles. The number of para-hydroxylation sites is 1. The highest BCUT2D eigenvalue weighted by atomic mass is 16.1. The van der Waals surface area contributed by atoms with E-state index in [1.54, 1.807) is 6.07 Å². The van der Waals surface area contributed by atoms with Crippen LogP contribution < -0.4 is 5.73 Å². The van der Waals surface area contributed by atoms with Crippen molar-refractivity contribution >= 4 is 16.9 Å². The van der Waals surface area contributed by atoms with Gasteiger partial charge in [-0.1, -0.05) is 49.6 Å². The Bertz CT molecular complexity index is 939. The van der Waals surface area contributed by atoms with Crippen molar-refractivity contribution in [3.8, 4) is 11.4 Å². The number of H-pyrrole nitrogens is 1. The molecule has 1 heterocycles. The first-order valence-electron chi connectivity index (χ1n) is 9.70. The van der Waals surface area contributed by atoms with E-state index in [4.69, 9.17) is 5.73 Å². The minimum absolute atomic E-state index is 0.445. The topological polar surface area (TPSA) is 75.0 Å². The number of carbonyl (C=O) groups excluding carboxylic acids is 1. The highest BCUT2D eigenvalue weighted by molar-refractivity contribution is 6.04. The van der Waals surface area contributed by atoms with Gasteiger partial charge in [-0.2, -0.15) is 0 Å². The second-order valence-electron chi connectivity index (χ2n) is 7.56. The lowest BCUT2D eigenvalue weighted by Gasteiger charge is -2.31. The number of hydrogen-bond acceptors (Lipinski definition) is 3. The van der Waals surface area contributed by atoms with Gasteiger partial charge in [-0.25, -0.2) is 4.98 Å². The van der Waals surface area contributed by atoms with Crippen molar-refractivity contribution in [1.82, 2.24) is 14.9 Å². The molecule has 1 aromatic heterocycles. The van der Waals surface area contributed by atoms with Gasteiger partial charge in [-0.05, 0) is 37.6 Å². The number of rotatable bonds is 5. The number of nitrogens with two attached hydrogens (primary N) is 1. The van der Waals surface area contributed by atoms with Crippen LogP contribution in [0.4, 0.5) is 0 Å². The number of amides is 1. The molecule has 2 aromatic carbocycles. The molecule has 1 saturated carbocycles. The van der Waals surface area contributed by atoms with Crippen LogP contribution in [-0.2, 0) is 6.54 Å².